The third-order valence-corrected chi connectivity index (χ3v) is 16.7. The average molecular weight is 857 g/mol. The Kier molecular flexibility index (Phi) is 8.94. The highest BCUT2D eigenvalue weighted by atomic mass is 15.2. The minimum Gasteiger partial charge on any atom is -0.376 e. The molecular weight excluding hydrogens is 796 g/mol. The van der Waals surface area contributed by atoms with Crippen molar-refractivity contribution in [3.05, 3.63) is 186 Å². The molecule has 2 heterocycles. The lowest BCUT2D eigenvalue weighted by Gasteiger charge is -2.49. The molecule has 3 heteroatoms. The zero-order chi connectivity index (χ0) is 45.5. The van der Waals surface area contributed by atoms with Gasteiger partial charge in [0.1, 0.15) is 0 Å². The van der Waals surface area contributed by atoms with Crippen molar-refractivity contribution in [2.75, 3.05) is 9.71 Å². The Morgan fingerprint density at radius 1 is 0.424 bits per heavy atom. The molecule has 0 aromatic heterocycles. The molecule has 4 aliphatic rings. The standard InChI is InChI=1S/C63H61BN2/c1-40-34-50-52(62(6,7)32-30-60(50,2)3)38-55(40)65-57-36-44(42-20-14-11-15-21-42)26-29-54(57)64-58-49(35-45-22-16-17-23-47(45)59(58)65)48-37-51-53(63(8,9)33-31-61(51,4)5)39-56(48)66(64)46-27-24-43(25-28-46)41-18-12-10-13-19-41/h10-29,34-39H,30-33H2,1-9H3. The lowest BCUT2D eigenvalue weighted by Crippen LogP contribution is -2.61. The third-order valence-electron chi connectivity index (χ3n) is 16.7. The van der Waals surface area contributed by atoms with Gasteiger partial charge < -0.3 is 9.71 Å². The van der Waals surface area contributed by atoms with E-state index >= 15 is 0 Å². The topological polar surface area (TPSA) is 6.48 Å². The summed E-state index contributed by atoms with van der Waals surface area (Å²) in [5.41, 5.74) is 24.2. The Morgan fingerprint density at radius 2 is 0.924 bits per heavy atom. The van der Waals surface area contributed by atoms with Gasteiger partial charge in [0.2, 0.25) is 0 Å². The summed E-state index contributed by atoms with van der Waals surface area (Å²) in [5.74, 6) is 0. The van der Waals surface area contributed by atoms with Crippen molar-refractivity contribution in [1.29, 1.82) is 0 Å². The predicted molar refractivity (Wildman–Crippen MR) is 284 cm³/mol. The minimum absolute atomic E-state index is 0.0513. The first-order chi connectivity index (χ1) is 31.6. The zero-order valence-corrected chi connectivity index (χ0v) is 40.3. The molecule has 0 unspecified atom stereocenters. The van der Waals surface area contributed by atoms with Crippen molar-refractivity contribution >= 4 is 57.0 Å². The molecule has 326 valence electrons. The van der Waals surface area contributed by atoms with Gasteiger partial charge in [-0.3, -0.25) is 0 Å². The number of hydrogen-bond acceptors (Lipinski definition) is 2. The van der Waals surface area contributed by atoms with E-state index in [4.69, 9.17) is 0 Å². The van der Waals surface area contributed by atoms with E-state index in [2.05, 4.69) is 230 Å². The first-order valence-electron chi connectivity index (χ1n) is 24.5. The summed E-state index contributed by atoms with van der Waals surface area (Å²) in [5, 5.41) is 2.56. The number of benzene rings is 8. The normalized spacial score (nSPS) is 17.9. The van der Waals surface area contributed by atoms with Gasteiger partial charge in [-0.15, -0.1) is 0 Å². The number of nitrogens with zero attached hydrogens (tertiary/aromatic N) is 2. The Balaban J connectivity index is 1.22. The highest BCUT2D eigenvalue weighted by Crippen LogP contribution is 2.56. The van der Waals surface area contributed by atoms with Crippen molar-refractivity contribution in [2.24, 2.45) is 0 Å². The molecule has 2 nitrogen and oxygen atoms in total. The summed E-state index contributed by atoms with van der Waals surface area (Å²) in [6.07, 6.45) is 4.70. The molecule has 66 heavy (non-hydrogen) atoms. The van der Waals surface area contributed by atoms with E-state index in [0.717, 1.165) is 0 Å². The van der Waals surface area contributed by atoms with Crippen LogP contribution in [0.15, 0.2) is 158 Å². The van der Waals surface area contributed by atoms with Gasteiger partial charge in [0, 0.05) is 33.7 Å². The highest BCUT2D eigenvalue weighted by molar-refractivity contribution is 6.94. The number of fused-ring (bicyclic) bond motifs is 8. The molecule has 0 N–H and O–H groups in total. The minimum atomic E-state index is -0.0863. The van der Waals surface area contributed by atoms with E-state index in [-0.39, 0.29) is 28.5 Å². The van der Waals surface area contributed by atoms with Crippen LogP contribution < -0.4 is 20.6 Å². The fourth-order valence-corrected chi connectivity index (χ4v) is 12.5. The van der Waals surface area contributed by atoms with Gasteiger partial charge in [-0.2, -0.15) is 0 Å². The zero-order valence-electron chi connectivity index (χ0n) is 40.3. The van der Waals surface area contributed by atoms with Gasteiger partial charge in [0.05, 0.1) is 5.69 Å². The molecule has 0 fully saturated rings. The number of rotatable bonds is 4. The van der Waals surface area contributed by atoms with E-state index in [0.29, 0.717) is 0 Å². The number of hydrogen-bond donors (Lipinski definition) is 0. The average Bonchev–Trinajstić information content (AvgIpc) is 3.32. The molecule has 0 saturated heterocycles. The lowest BCUT2D eigenvalue weighted by molar-refractivity contribution is 0.332. The van der Waals surface area contributed by atoms with E-state index in [1.54, 1.807) is 0 Å². The molecular formula is C63H61BN2. The molecule has 8 aromatic carbocycles. The van der Waals surface area contributed by atoms with Crippen molar-refractivity contribution < 1.29 is 0 Å². The van der Waals surface area contributed by atoms with Gasteiger partial charge in [0.25, 0.3) is 0 Å². The predicted octanol–water partition coefficient (Wildman–Crippen LogP) is 15.9. The van der Waals surface area contributed by atoms with Crippen LogP contribution in [-0.2, 0) is 21.7 Å². The monoisotopic (exact) mass is 856 g/mol. The second-order valence-corrected chi connectivity index (χ2v) is 22.7. The van der Waals surface area contributed by atoms with Gasteiger partial charge in [0.15, 0.2) is 0 Å². The van der Waals surface area contributed by atoms with Crippen molar-refractivity contribution in [2.45, 2.75) is 110 Å². The molecule has 0 amide bonds. The summed E-state index contributed by atoms with van der Waals surface area (Å²) in [4.78, 5) is 5.44. The fourth-order valence-electron chi connectivity index (χ4n) is 12.5. The maximum atomic E-state index is 2.73. The van der Waals surface area contributed by atoms with Gasteiger partial charge in [-0.25, -0.2) is 0 Å². The Morgan fingerprint density at radius 3 is 1.55 bits per heavy atom. The first-order valence-corrected chi connectivity index (χ1v) is 24.5. The Bertz CT molecular complexity index is 3260. The van der Waals surface area contributed by atoms with Gasteiger partial charge in [-0.1, -0.05) is 171 Å². The van der Waals surface area contributed by atoms with Crippen LogP contribution in [0.4, 0.5) is 28.4 Å². The van der Waals surface area contributed by atoms with E-state index in [9.17, 15) is 0 Å². The summed E-state index contributed by atoms with van der Waals surface area (Å²) in [6.45, 7) is 22.0. The fraction of sp³-hybridized carbons (Fsp3) is 0.270. The molecule has 0 saturated carbocycles. The van der Waals surface area contributed by atoms with Crippen LogP contribution in [0.25, 0.3) is 44.2 Å². The van der Waals surface area contributed by atoms with Crippen LogP contribution in [0.3, 0.4) is 0 Å². The summed E-state index contributed by atoms with van der Waals surface area (Å²) >= 11 is 0. The van der Waals surface area contributed by atoms with Crippen LogP contribution >= 0.6 is 0 Å². The SMILES string of the molecule is Cc1cc2c(cc1N1c3cc(-c4ccccc4)ccc3B3c4c(cc5ccccc5c41)-c1cc4c(cc1N3c1ccc(-c3ccccc3)cc1)C(C)(C)CCC4(C)C)C(C)(C)CCC2(C)C. The maximum absolute atomic E-state index is 2.73. The lowest BCUT2D eigenvalue weighted by atomic mass is 9.43. The molecule has 0 bridgehead atoms. The van der Waals surface area contributed by atoms with E-state index in [1.807, 2.05) is 0 Å². The highest BCUT2D eigenvalue weighted by Gasteiger charge is 2.48. The van der Waals surface area contributed by atoms with Crippen LogP contribution in [-0.4, -0.2) is 6.85 Å². The van der Waals surface area contributed by atoms with Crippen LogP contribution in [0.5, 0.6) is 0 Å². The largest absolute Gasteiger partial charge is 0.376 e. The van der Waals surface area contributed by atoms with Crippen LogP contribution in [0.1, 0.15) is 109 Å². The Hall–Kier alpha value is -6.32. The first kappa shape index (κ1) is 41.1. The van der Waals surface area contributed by atoms with Gasteiger partial charge in [-0.05, 0) is 169 Å². The second kappa shape index (κ2) is 14.3. The van der Waals surface area contributed by atoms with Gasteiger partial charge >= 0.3 is 6.85 Å². The molecule has 12 rings (SSSR count). The summed E-state index contributed by atoms with van der Waals surface area (Å²) < 4.78 is 0. The van der Waals surface area contributed by atoms with Crippen LogP contribution in [0.2, 0.25) is 0 Å². The maximum Gasteiger partial charge on any atom is 0.333 e. The molecule has 8 aromatic rings. The molecule has 0 spiro atoms. The summed E-state index contributed by atoms with van der Waals surface area (Å²) in [6, 6.07) is 60.8. The molecule has 0 atom stereocenters. The number of anilines is 5. The molecule has 2 aliphatic heterocycles. The number of aryl methyl sites for hydroxylation is 1. The quantitative estimate of drug-likeness (QED) is 0.163. The smallest absolute Gasteiger partial charge is 0.333 e. The van der Waals surface area contributed by atoms with Crippen molar-refractivity contribution in [1.82, 2.24) is 0 Å². The second-order valence-electron chi connectivity index (χ2n) is 22.7. The molecule has 2 aliphatic carbocycles. The van der Waals surface area contributed by atoms with Crippen LogP contribution in [0, 0.1) is 6.92 Å². The Labute approximate surface area is 393 Å². The third kappa shape index (κ3) is 6.14. The van der Waals surface area contributed by atoms with Crippen molar-refractivity contribution in [3.8, 4) is 33.4 Å². The van der Waals surface area contributed by atoms with Crippen molar-refractivity contribution in [3.63, 3.8) is 0 Å². The molecule has 0 radical (unpaired) electrons. The summed E-state index contributed by atoms with van der Waals surface area (Å²) in [7, 11) is 0. The van der Waals surface area contributed by atoms with E-state index < -0.39 is 0 Å². The van der Waals surface area contributed by atoms with E-state index in [1.165, 1.54) is 137 Å².